The maximum absolute atomic E-state index is 6.68. The van der Waals surface area contributed by atoms with E-state index in [1.54, 1.807) is 21.3 Å². The molecular formula is C39H48N2O7. The molecule has 5 aliphatic heterocycles. The molecule has 5 heterocycles. The summed E-state index contributed by atoms with van der Waals surface area (Å²) in [5.74, 6) is 5.27. The summed E-state index contributed by atoms with van der Waals surface area (Å²) in [6, 6.07) is 9.82. The van der Waals surface area contributed by atoms with Crippen LogP contribution in [0.5, 0.6) is 23.0 Å². The molecule has 3 spiro atoms. The maximum atomic E-state index is 6.68. The van der Waals surface area contributed by atoms with Crippen molar-refractivity contribution >= 4 is 0 Å². The van der Waals surface area contributed by atoms with Crippen molar-refractivity contribution in [3.05, 3.63) is 58.4 Å². The fraction of sp³-hybridized carbons (Fsp3) is 0.641. The third-order valence-corrected chi connectivity index (χ3v) is 14.2. The first-order valence-electron chi connectivity index (χ1n) is 18.1. The van der Waals surface area contributed by atoms with Gasteiger partial charge in [-0.1, -0.05) is 12.1 Å². The van der Waals surface area contributed by atoms with Crippen molar-refractivity contribution < 1.29 is 33.2 Å². The van der Waals surface area contributed by atoms with Crippen molar-refractivity contribution in [2.45, 2.75) is 85.9 Å². The van der Waals surface area contributed by atoms with Crippen LogP contribution < -0.4 is 18.9 Å². The standard InChI is InChI=1S/C20H25NO4.C19H23NO3/c1-21-8-7-19-13-5-6-20(23-9-10-24-20)18(19)25-17-15(22-2)4-3-12(16(17)19)11-14(13)21;1-20-9-8-19-12-5-7-15(22-3)18(19)23-17-14(21-2)6-4-11(16(17)19)10-13(12)20/h3-4,13-14,18H,5-11H2,1-2H3;4,6-7,12-13,18H,5,8-10H2,1-3H3. The molecule has 48 heavy (non-hydrogen) atoms. The lowest BCUT2D eigenvalue weighted by atomic mass is 9.50. The zero-order valence-corrected chi connectivity index (χ0v) is 28.9. The Morgan fingerprint density at radius 1 is 0.708 bits per heavy atom. The fourth-order valence-electron chi connectivity index (χ4n) is 12.3. The first kappa shape index (κ1) is 29.9. The Kier molecular flexibility index (Phi) is 6.40. The molecule has 4 fully saturated rings. The van der Waals surface area contributed by atoms with Crippen LogP contribution >= 0.6 is 0 Å². The van der Waals surface area contributed by atoms with E-state index in [0.29, 0.717) is 37.1 Å². The number of piperidine rings is 2. The van der Waals surface area contributed by atoms with Crippen LogP contribution in [0, 0.1) is 11.8 Å². The monoisotopic (exact) mass is 656 g/mol. The number of methoxy groups -OCH3 is 3. The van der Waals surface area contributed by atoms with E-state index >= 15 is 0 Å². The zero-order valence-electron chi connectivity index (χ0n) is 28.9. The van der Waals surface area contributed by atoms with Crippen molar-refractivity contribution in [1.82, 2.24) is 9.80 Å². The average Bonchev–Trinajstić information content (AvgIpc) is 3.82. The molecule has 9 heteroatoms. The fourth-order valence-corrected chi connectivity index (χ4v) is 12.3. The minimum absolute atomic E-state index is 0.00722. The third kappa shape index (κ3) is 3.51. The molecule has 1 saturated carbocycles. The smallest absolute Gasteiger partial charge is 0.206 e. The summed E-state index contributed by atoms with van der Waals surface area (Å²) in [4.78, 5) is 5.11. The van der Waals surface area contributed by atoms with Crippen LogP contribution in [0.2, 0.25) is 0 Å². The summed E-state index contributed by atoms with van der Waals surface area (Å²) in [6.07, 6.45) is 9.82. The predicted molar refractivity (Wildman–Crippen MR) is 178 cm³/mol. The lowest BCUT2D eigenvalue weighted by Gasteiger charge is -2.60. The Labute approximate surface area is 283 Å². The molecule has 0 radical (unpaired) electrons. The molecule has 8 unspecified atom stereocenters. The zero-order chi connectivity index (χ0) is 32.6. The lowest BCUT2D eigenvalue weighted by molar-refractivity contribution is -0.260. The third-order valence-electron chi connectivity index (χ3n) is 14.2. The number of rotatable bonds is 3. The molecule has 0 amide bonds. The molecule has 9 nitrogen and oxygen atoms in total. The van der Waals surface area contributed by atoms with Gasteiger partial charge in [0.05, 0.1) is 34.5 Å². The predicted octanol–water partition coefficient (Wildman–Crippen LogP) is 4.61. The normalized spacial score (nSPS) is 38.5. The van der Waals surface area contributed by atoms with Gasteiger partial charge in [-0.05, 0) is 107 Å². The summed E-state index contributed by atoms with van der Waals surface area (Å²) in [7, 11) is 9.78. The number of allylic oxidation sites excluding steroid dienone is 1. The minimum atomic E-state index is -0.574. The first-order valence-corrected chi connectivity index (χ1v) is 18.1. The van der Waals surface area contributed by atoms with E-state index in [1.165, 1.54) is 22.3 Å². The highest BCUT2D eigenvalue weighted by atomic mass is 16.8. The van der Waals surface area contributed by atoms with E-state index in [9.17, 15) is 0 Å². The quantitative estimate of drug-likeness (QED) is 0.471. The Morgan fingerprint density at radius 2 is 1.31 bits per heavy atom. The molecule has 0 aromatic heterocycles. The summed E-state index contributed by atoms with van der Waals surface area (Å²) < 4.78 is 42.6. The summed E-state index contributed by atoms with van der Waals surface area (Å²) >= 11 is 0. The summed E-state index contributed by atoms with van der Waals surface area (Å²) in [6.45, 7) is 3.57. The largest absolute Gasteiger partial charge is 0.497 e. The Morgan fingerprint density at radius 3 is 1.96 bits per heavy atom. The van der Waals surface area contributed by atoms with Crippen molar-refractivity contribution in [2.75, 3.05) is 61.7 Å². The van der Waals surface area contributed by atoms with Crippen LogP contribution in [0.3, 0.4) is 0 Å². The highest BCUT2D eigenvalue weighted by molar-refractivity contribution is 5.63. The molecule has 2 aromatic carbocycles. The lowest BCUT2D eigenvalue weighted by Crippen LogP contribution is -2.69. The summed E-state index contributed by atoms with van der Waals surface area (Å²) in [5, 5.41) is 0. The molecule has 11 rings (SSSR count). The second-order valence-corrected chi connectivity index (χ2v) is 15.6. The van der Waals surface area contributed by atoms with Crippen LogP contribution in [-0.4, -0.2) is 102 Å². The van der Waals surface area contributed by atoms with Gasteiger partial charge in [0.1, 0.15) is 5.76 Å². The number of ether oxygens (including phenoxy) is 7. The number of likely N-dealkylation sites (N-methyl/N-ethyl adjacent to an activating group) is 2. The van der Waals surface area contributed by atoms with Crippen molar-refractivity contribution in [3.8, 4) is 23.0 Å². The topological polar surface area (TPSA) is 71.1 Å². The summed E-state index contributed by atoms with van der Waals surface area (Å²) in [5.41, 5.74) is 5.77. The molecule has 256 valence electrons. The first-order chi connectivity index (χ1) is 23.4. The minimum Gasteiger partial charge on any atom is -0.497 e. The van der Waals surface area contributed by atoms with Crippen LogP contribution in [0.1, 0.15) is 54.4 Å². The average molecular weight is 657 g/mol. The van der Waals surface area contributed by atoms with E-state index in [-0.39, 0.29) is 23.0 Å². The SMILES string of the molecule is COC1=CCC2C3Cc4ccc(OC)c5c4C2(CCN3C)C1O5.COc1ccc2c3c1OC1C4(CCC5C(C2)N(C)CCC351)OCCO4. The van der Waals surface area contributed by atoms with Gasteiger partial charge in [0.15, 0.2) is 35.2 Å². The van der Waals surface area contributed by atoms with Crippen LogP contribution in [0.25, 0.3) is 0 Å². The molecule has 3 saturated heterocycles. The second-order valence-electron chi connectivity index (χ2n) is 15.6. The van der Waals surface area contributed by atoms with E-state index < -0.39 is 5.79 Å². The number of hydrogen-bond donors (Lipinski definition) is 0. The highest BCUT2D eigenvalue weighted by Gasteiger charge is 2.71. The van der Waals surface area contributed by atoms with Gasteiger partial charge >= 0.3 is 0 Å². The second kappa shape index (κ2) is 10.3. The van der Waals surface area contributed by atoms with Crippen molar-refractivity contribution in [3.63, 3.8) is 0 Å². The van der Waals surface area contributed by atoms with E-state index in [0.717, 1.165) is 86.8 Å². The van der Waals surface area contributed by atoms with Crippen molar-refractivity contribution in [1.29, 1.82) is 0 Å². The number of benzene rings is 2. The van der Waals surface area contributed by atoms with Crippen LogP contribution in [0.15, 0.2) is 36.1 Å². The number of hydrogen-bond acceptors (Lipinski definition) is 9. The number of nitrogens with zero attached hydrogens (tertiary/aromatic N) is 2. The van der Waals surface area contributed by atoms with Gasteiger partial charge in [-0.3, -0.25) is 0 Å². The Hall–Kier alpha value is -2.98. The molecule has 2 aromatic rings. The van der Waals surface area contributed by atoms with E-state index in [4.69, 9.17) is 33.2 Å². The molecule has 4 bridgehead atoms. The molecular weight excluding hydrogens is 608 g/mol. The highest BCUT2D eigenvalue weighted by Crippen LogP contribution is 2.67. The van der Waals surface area contributed by atoms with Crippen molar-refractivity contribution in [2.24, 2.45) is 11.8 Å². The van der Waals surface area contributed by atoms with Crippen LogP contribution in [-0.2, 0) is 37.9 Å². The van der Waals surface area contributed by atoms with Crippen LogP contribution in [0.4, 0.5) is 0 Å². The van der Waals surface area contributed by atoms with Gasteiger partial charge in [-0.15, -0.1) is 0 Å². The Balaban J connectivity index is 0.000000124. The van der Waals surface area contributed by atoms with E-state index in [1.807, 2.05) is 0 Å². The van der Waals surface area contributed by atoms with Gasteiger partial charge in [0.25, 0.3) is 0 Å². The Bertz CT molecular complexity index is 1700. The molecule has 0 N–H and O–H groups in total. The van der Waals surface area contributed by atoms with Gasteiger partial charge in [-0.25, -0.2) is 0 Å². The molecule has 9 aliphatic rings. The molecule has 4 aliphatic carbocycles. The van der Waals surface area contributed by atoms with Gasteiger partial charge in [0.2, 0.25) is 5.79 Å². The number of fused-ring (bicyclic) bond motifs is 1. The van der Waals surface area contributed by atoms with Gasteiger partial charge in [-0.2, -0.15) is 0 Å². The maximum Gasteiger partial charge on any atom is 0.206 e. The van der Waals surface area contributed by atoms with Gasteiger partial charge in [0, 0.05) is 40.5 Å². The molecule has 8 atom stereocenters. The number of likely N-dealkylation sites (tertiary alicyclic amines) is 2. The van der Waals surface area contributed by atoms with Gasteiger partial charge < -0.3 is 43.0 Å². The van der Waals surface area contributed by atoms with E-state index in [2.05, 4.69) is 54.2 Å².